The molecule has 0 saturated heterocycles. The summed E-state index contributed by atoms with van der Waals surface area (Å²) < 4.78 is 2.65. The van der Waals surface area contributed by atoms with Crippen LogP contribution in [0.5, 0.6) is 0 Å². The zero-order chi connectivity index (χ0) is 34.9. The molecule has 0 radical (unpaired) electrons. The van der Waals surface area contributed by atoms with Crippen molar-refractivity contribution in [2.75, 3.05) is 4.90 Å². The Morgan fingerprint density at radius 2 is 1.13 bits per heavy atom. The zero-order valence-corrected chi connectivity index (χ0v) is 29.9. The van der Waals surface area contributed by atoms with Crippen molar-refractivity contribution in [3.8, 4) is 11.1 Å². The summed E-state index contributed by atoms with van der Waals surface area (Å²) in [6, 6.07) is 65.4. The largest absolute Gasteiger partial charge is 0.334 e. The average Bonchev–Trinajstić information content (AvgIpc) is 3.75. The van der Waals surface area contributed by atoms with Crippen molar-refractivity contribution >= 4 is 64.4 Å². The fraction of sp³-hybridized carbons (Fsp3) is 0.0588. The van der Waals surface area contributed by atoms with E-state index in [9.17, 15) is 0 Å². The van der Waals surface area contributed by atoms with E-state index in [0.29, 0.717) is 0 Å². The molecule has 0 aliphatic heterocycles. The molecule has 2 aliphatic carbocycles. The standard InChI is InChI=1S/C51H35NS/c1-2-15-35(16-3-1)51(46-23-11-8-19-41(46)42-20-9-12-24-47(42)51)36-26-28-37(29-27-36)52(38-30-31-50-45(33-38)44-22-10-13-25-49(44)53-50)48-32-34-14-4-5-17-39(34)40-18-6-7-21-43(40)48/h1-28,30-33,37H,29H2. The number of fused-ring (bicyclic) bond motifs is 9. The van der Waals surface area contributed by atoms with Crippen molar-refractivity contribution in [1.29, 1.82) is 0 Å². The number of hydrogen-bond acceptors (Lipinski definition) is 2. The van der Waals surface area contributed by atoms with Gasteiger partial charge in [-0.05, 0) is 86.3 Å². The van der Waals surface area contributed by atoms with Gasteiger partial charge in [-0.25, -0.2) is 0 Å². The fourth-order valence-electron chi connectivity index (χ4n) is 9.40. The van der Waals surface area contributed by atoms with Crippen LogP contribution in [0, 0.1) is 0 Å². The molecule has 0 spiro atoms. The van der Waals surface area contributed by atoms with Crippen LogP contribution >= 0.6 is 11.3 Å². The van der Waals surface area contributed by atoms with Crippen LogP contribution in [0.1, 0.15) is 23.1 Å². The Labute approximate surface area is 313 Å². The van der Waals surface area contributed by atoms with Crippen LogP contribution in [0.15, 0.2) is 200 Å². The Morgan fingerprint density at radius 3 is 1.89 bits per heavy atom. The molecule has 0 N–H and O–H groups in total. The highest BCUT2D eigenvalue weighted by Crippen LogP contribution is 2.57. The highest BCUT2D eigenvalue weighted by molar-refractivity contribution is 7.25. The van der Waals surface area contributed by atoms with E-state index in [1.54, 1.807) is 0 Å². The van der Waals surface area contributed by atoms with Gasteiger partial charge in [0.25, 0.3) is 0 Å². The quantitative estimate of drug-likeness (QED) is 0.162. The minimum Gasteiger partial charge on any atom is -0.334 e. The molecule has 1 aromatic heterocycles. The molecule has 1 atom stereocenters. The summed E-state index contributed by atoms with van der Waals surface area (Å²) in [4.78, 5) is 2.61. The van der Waals surface area contributed by atoms with Gasteiger partial charge in [0.1, 0.15) is 0 Å². The lowest BCUT2D eigenvalue weighted by Crippen LogP contribution is -2.34. The predicted molar refractivity (Wildman–Crippen MR) is 227 cm³/mol. The number of allylic oxidation sites excluding steroid dienone is 2. The fourth-order valence-corrected chi connectivity index (χ4v) is 10.5. The average molecular weight is 694 g/mol. The molecule has 53 heavy (non-hydrogen) atoms. The van der Waals surface area contributed by atoms with Gasteiger partial charge in [-0.1, -0.05) is 164 Å². The number of anilines is 2. The summed E-state index contributed by atoms with van der Waals surface area (Å²) in [5.41, 5.74) is 10.0. The molecule has 8 aromatic carbocycles. The van der Waals surface area contributed by atoms with Gasteiger partial charge in [0, 0.05) is 31.2 Å². The second kappa shape index (κ2) is 11.9. The van der Waals surface area contributed by atoms with Gasteiger partial charge in [0.2, 0.25) is 0 Å². The third kappa shape index (κ3) is 4.49. The van der Waals surface area contributed by atoms with Crippen molar-refractivity contribution in [2.24, 2.45) is 0 Å². The molecular formula is C51H35NS. The molecule has 1 heterocycles. The molecule has 1 nitrogen and oxygen atoms in total. The molecule has 250 valence electrons. The van der Waals surface area contributed by atoms with Gasteiger partial charge in [0.15, 0.2) is 0 Å². The second-order valence-electron chi connectivity index (χ2n) is 14.3. The Hall–Kier alpha value is -6.22. The van der Waals surface area contributed by atoms with E-state index in [1.165, 1.54) is 86.5 Å². The monoisotopic (exact) mass is 693 g/mol. The normalized spacial score (nSPS) is 15.8. The number of rotatable bonds is 5. The van der Waals surface area contributed by atoms with Gasteiger partial charge in [-0.3, -0.25) is 0 Å². The van der Waals surface area contributed by atoms with Crippen LogP contribution in [0.4, 0.5) is 11.4 Å². The van der Waals surface area contributed by atoms with Crippen molar-refractivity contribution in [1.82, 2.24) is 0 Å². The topological polar surface area (TPSA) is 3.24 Å². The highest BCUT2D eigenvalue weighted by atomic mass is 32.1. The molecular weight excluding hydrogens is 659 g/mol. The molecule has 11 rings (SSSR count). The molecule has 9 aromatic rings. The van der Waals surface area contributed by atoms with E-state index in [-0.39, 0.29) is 6.04 Å². The first-order chi connectivity index (χ1) is 26.3. The number of benzene rings is 8. The summed E-state index contributed by atoms with van der Waals surface area (Å²) >= 11 is 1.88. The smallest absolute Gasteiger partial charge is 0.0710 e. The Bertz CT molecular complexity index is 2900. The van der Waals surface area contributed by atoms with Crippen LogP contribution in [0.2, 0.25) is 0 Å². The lowest BCUT2D eigenvalue weighted by molar-refractivity contribution is 0.721. The molecule has 2 aliphatic rings. The van der Waals surface area contributed by atoms with E-state index in [1.807, 2.05) is 11.3 Å². The number of hydrogen-bond donors (Lipinski definition) is 0. The zero-order valence-electron chi connectivity index (χ0n) is 29.1. The van der Waals surface area contributed by atoms with Crippen LogP contribution in [0.25, 0.3) is 52.8 Å². The second-order valence-corrected chi connectivity index (χ2v) is 15.4. The summed E-state index contributed by atoms with van der Waals surface area (Å²) in [7, 11) is 0. The number of thiophene rings is 1. The molecule has 2 heteroatoms. The van der Waals surface area contributed by atoms with Crippen LogP contribution in [0.3, 0.4) is 0 Å². The van der Waals surface area contributed by atoms with E-state index in [0.717, 1.165) is 6.42 Å². The summed E-state index contributed by atoms with van der Waals surface area (Å²) in [6.45, 7) is 0. The van der Waals surface area contributed by atoms with Gasteiger partial charge in [0.05, 0.1) is 17.1 Å². The maximum absolute atomic E-state index is 2.61. The first-order valence-electron chi connectivity index (χ1n) is 18.5. The maximum atomic E-state index is 2.61. The highest BCUT2D eigenvalue weighted by Gasteiger charge is 2.47. The van der Waals surface area contributed by atoms with Crippen molar-refractivity contribution in [3.63, 3.8) is 0 Å². The number of nitrogens with zero attached hydrogens (tertiary/aromatic N) is 1. The summed E-state index contributed by atoms with van der Waals surface area (Å²) in [5.74, 6) is 0. The van der Waals surface area contributed by atoms with E-state index >= 15 is 0 Å². The van der Waals surface area contributed by atoms with Crippen LogP contribution in [-0.4, -0.2) is 6.04 Å². The summed E-state index contributed by atoms with van der Waals surface area (Å²) in [5, 5.41) is 7.73. The van der Waals surface area contributed by atoms with Crippen LogP contribution in [-0.2, 0) is 5.41 Å². The van der Waals surface area contributed by atoms with Crippen molar-refractivity contribution < 1.29 is 0 Å². The van der Waals surface area contributed by atoms with E-state index < -0.39 is 5.41 Å². The minimum absolute atomic E-state index is 0.102. The van der Waals surface area contributed by atoms with Gasteiger partial charge in [-0.2, -0.15) is 0 Å². The molecule has 0 bridgehead atoms. The van der Waals surface area contributed by atoms with Crippen molar-refractivity contribution in [3.05, 3.63) is 216 Å². The summed E-state index contributed by atoms with van der Waals surface area (Å²) in [6.07, 6.45) is 8.32. The van der Waals surface area contributed by atoms with Gasteiger partial charge in [-0.15, -0.1) is 11.3 Å². The Balaban J connectivity index is 1.12. The lowest BCUT2D eigenvalue weighted by Gasteiger charge is -2.39. The predicted octanol–water partition coefficient (Wildman–Crippen LogP) is 13.8. The van der Waals surface area contributed by atoms with Gasteiger partial charge < -0.3 is 4.90 Å². The third-order valence-electron chi connectivity index (χ3n) is 11.6. The van der Waals surface area contributed by atoms with Crippen LogP contribution < -0.4 is 4.90 Å². The SMILES string of the molecule is C1=CC(N(c2ccc3sc4ccccc4c3c2)c2cc3ccccc3c3ccccc23)CC=C1C1(c2ccccc2)c2ccccc2-c2ccccc21. The maximum Gasteiger partial charge on any atom is 0.0710 e. The molecule has 0 saturated carbocycles. The molecule has 1 unspecified atom stereocenters. The van der Waals surface area contributed by atoms with E-state index in [4.69, 9.17) is 0 Å². The third-order valence-corrected chi connectivity index (χ3v) is 12.8. The first kappa shape index (κ1) is 30.4. The Kier molecular flexibility index (Phi) is 6.84. The minimum atomic E-state index is -0.398. The molecule has 0 amide bonds. The van der Waals surface area contributed by atoms with Gasteiger partial charge >= 0.3 is 0 Å². The Morgan fingerprint density at radius 1 is 0.509 bits per heavy atom. The van der Waals surface area contributed by atoms with Crippen molar-refractivity contribution in [2.45, 2.75) is 17.9 Å². The lowest BCUT2D eigenvalue weighted by atomic mass is 9.66. The first-order valence-corrected chi connectivity index (χ1v) is 19.4. The molecule has 0 fully saturated rings. The van der Waals surface area contributed by atoms with E-state index in [2.05, 4.69) is 199 Å².